The van der Waals surface area contributed by atoms with Crippen LogP contribution in [-0.2, 0) is 14.3 Å². The van der Waals surface area contributed by atoms with Crippen LogP contribution in [0.25, 0.3) is 0 Å². The van der Waals surface area contributed by atoms with Crippen molar-refractivity contribution in [3.05, 3.63) is 0 Å². The number of hydrogen-bond donors (Lipinski definition) is 0. The maximum absolute atomic E-state index is 11.9. The molecule has 0 atom stereocenters. The molecule has 0 saturated heterocycles. The van der Waals surface area contributed by atoms with Crippen molar-refractivity contribution in [2.75, 3.05) is 20.3 Å². The van der Waals surface area contributed by atoms with Gasteiger partial charge in [-0.1, -0.05) is 19.3 Å². The molecule has 0 radical (unpaired) electrons. The van der Waals surface area contributed by atoms with E-state index >= 15 is 0 Å². The highest BCUT2D eigenvalue weighted by Gasteiger charge is 2.40. The standard InChI is InChI=1S/C12H22O3/c1-3-15-11(13)12(9-10-14-2)7-5-4-6-8-12/h3-10H2,1-2H3. The van der Waals surface area contributed by atoms with Crippen LogP contribution in [0.3, 0.4) is 0 Å². The lowest BCUT2D eigenvalue weighted by molar-refractivity contribution is -0.159. The van der Waals surface area contributed by atoms with E-state index in [9.17, 15) is 4.79 Å². The highest BCUT2D eigenvalue weighted by Crippen LogP contribution is 2.40. The van der Waals surface area contributed by atoms with E-state index in [0.717, 1.165) is 32.1 Å². The molecule has 0 amide bonds. The van der Waals surface area contributed by atoms with E-state index in [-0.39, 0.29) is 11.4 Å². The molecule has 0 N–H and O–H groups in total. The first-order valence-electron chi connectivity index (χ1n) is 5.91. The first-order chi connectivity index (χ1) is 7.25. The molecule has 3 nitrogen and oxygen atoms in total. The Morgan fingerprint density at radius 1 is 1.27 bits per heavy atom. The van der Waals surface area contributed by atoms with E-state index in [1.54, 1.807) is 7.11 Å². The second-order valence-corrected chi connectivity index (χ2v) is 4.30. The van der Waals surface area contributed by atoms with Crippen LogP contribution in [0.5, 0.6) is 0 Å². The van der Waals surface area contributed by atoms with Gasteiger partial charge in [0.25, 0.3) is 0 Å². The lowest BCUT2D eigenvalue weighted by Gasteiger charge is -2.34. The third-order valence-electron chi connectivity index (χ3n) is 3.30. The Balaban J connectivity index is 2.61. The van der Waals surface area contributed by atoms with Crippen molar-refractivity contribution in [3.8, 4) is 0 Å². The summed E-state index contributed by atoms with van der Waals surface area (Å²) in [6.07, 6.45) is 6.27. The molecule has 0 aromatic carbocycles. The molecule has 0 heterocycles. The van der Waals surface area contributed by atoms with Crippen molar-refractivity contribution in [2.24, 2.45) is 5.41 Å². The summed E-state index contributed by atoms with van der Waals surface area (Å²) in [5.41, 5.74) is -0.246. The van der Waals surface area contributed by atoms with Crippen molar-refractivity contribution in [1.82, 2.24) is 0 Å². The monoisotopic (exact) mass is 214 g/mol. The van der Waals surface area contributed by atoms with Crippen molar-refractivity contribution in [2.45, 2.75) is 45.4 Å². The van der Waals surface area contributed by atoms with Crippen LogP contribution in [0.4, 0.5) is 0 Å². The summed E-state index contributed by atoms with van der Waals surface area (Å²) in [4.78, 5) is 11.9. The summed E-state index contributed by atoms with van der Waals surface area (Å²) in [5.74, 6) is -0.0123. The number of esters is 1. The number of carbonyl (C=O) groups is 1. The highest BCUT2D eigenvalue weighted by atomic mass is 16.5. The predicted octanol–water partition coefficient (Wildman–Crippen LogP) is 2.54. The van der Waals surface area contributed by atoms with Crippen LogP contribution in [0.2, 0.25) is 0 Å². The maximum atomic E-state index is 11.9. The van der Waals surface area contributed by atoms with Gasteiger partial charge in [-0.3, -0.25) is 4.79 Å². The quantitative estimate of drug-likeness (QED) is 0.660. The van der Waals surface area contributed by atoms with Gasteiger partial charge < -0.3 is 9.47 Å². The lowest BCUT2D eigenvalue weighted by Crippen LogP contribution is -2.36. The van der Waals surface area contributed by atoms with Crippen LogP contribution in [0, 0.1) is 5.41 Å². The van der Waals surface area contributed by atoms with Gasteiger partial charge in [0.2, 0.25) is 0 Å². The average molecular weight is 214 g/mol. The third-order valence-corrected chi connectivity index (χ3v) is 3.30. The van der Waals surface area contributed by atoms with Crippen molar-refractivity contribution >= 4 is 5.97 Å². The Morgan fingerprint density at radius 3 is 2.47 bits per heavy atom. The Labute approximate surface area is 92.1 Å². The summed E-state index contributed by atoms with van der Waals surface area (Å²) in [5, 5.41) is 0. The van der Waals surface area contributed by atoms with Gasteiger partial charge in [0.15, 0.2) is 0 Å². The van der Waals surface area contributed by atoms with E-state index in [4.69, 9.17) is 9.47 Å². The van der Waals surface area contributed by atoms with E-state index in [1.165, 1.54) is 6.42 Å². The van der Waals surface area contributed by atoms with Gasteiger partial charge in [0.1, 0.15) is 0 Å². The van der Waals surface area contributed by atoms with Gasteiger partial charge in [-0.25, -0.2) is 0 Å². The van der Waals surface area contributed by atoms with Crippen LogP contribution < -0.4 is 0 Å². The highest BCUT2D eigenvalue weighted by molar-refractivity contribution is 5.76. The topological polar surface area (TPSA) is 35.5 Å². The Morgan fingerprint density at radius 2 is 1.93 bits per heavy atom. The van der Waals surface area contributed by atoms with Gasteiger partial charge in [-0.15, -0.1) is 0 Å². The normalized spacial score (nSPS) is 19.9. The number of ether oxygens (including phenoxy) is 2. The molecule has 0 aliphatic heterocycles. The smallest absolute Gasteiger partial charge is 0.312 e. The molecule has 0 spiro atoms. The largest absolute Gasteiger partial charge is 0.466 e. The minimum absolute atomic E-state index is 0.0123. The predicted molar refractivity (Wildman–Crippen MR) is 58.6 cm³/mol. The summed E-state index contributed by atoms with van der Waals surface area (Å²) in [7, 11) is 1.68. The number of carbonyl (C=O) groups excluding carboxylic acids is 1. The minimum atomic E-state index is -0.246. The molecule has 0 aromatic rings. The molecule has 0 aromatic heterocycles. The second kappa shape index (κ2) is 6.11. The van der Waals surface area contributed by atoms with Crippen molar-refractivity contribution < 1.29 is 14.3 Å². The van der Waals surface area contributed by atoms with Gasteiger partial charge >= 0.3 is 5.97 Å². The maximum Gasteiger partial charge on any atom is 0.312 e. The van der Waals surface area contributed by atoms with Crippen LogP contribution in [0.1, 0.15) is 45.4 Å². The zero-order valence-electron chi connectivity index (χ0n) is 9.88. The zero-order valence-corrected chi connectivity index (χ0v) is 9.88. The van der Waals surface area contributed by atoms with E-state index in [0.29, 0.717) is 13.2 Å². The fourth-order valence-electron chi connectivity index (χ4n) is 2.37. The van der Waals surface area contributed by atoms with Gasteiger partial charge in [0, 0.05) is 13.7 Å². The molecule has 0 bridgehead atoms. The molecule has 88 valence electrons. The summed E-state index contributed by atoms with van der Waals surface area (Å²) in [6, 6.07) is 0. The molecule has 1 aliphatic rings. The van der Waals surface area contributed by atoms with Crippen LogP contribution >= 0.6 is 0 Å². The van der Waals surface area contributed by atoms with Gasteiger partial charge in [0.05, 0.1) is 12.0 Å². The molecule has 0 unspecified atom stereocenters. The number of rotatable bonds is 5. The molecule has 1 aliphatic carbocycles. The van der Waals surface area contributed by atoms with Crippen LogP contribution in [-0.4, -0.2) is 26.3 Å². The SMILES string of the molecule is CCOC(=O)C1(CCOC)CCCCC1. The van der Waals surface area contributed by atoms with Crippen LogP contribution in [0.15, 0.2) is 0 Å². The van der Waals surface area contributed by atoms with Gasteiger partial charge in [-0.05, 0) is 26.2 Å². The third kappa shape index (κ3) is 3.20. The molecule has 1 saturated carbocycles. The fourth-order valence-corrected chi connectivity index (χ4v) is 2.37. The minimum Gasteiger partial charge on any atom is -0.466 e. The molecular formula is C12H22O3. The summed E-state index contributed by atoms with van der Waals surface area (Å²) in [6.45, 7) is 3.00. The zero-order chi connectivity index (χ0) is 11.1. The number of hydrogen-bond acceptors (Lipinski definition) is 3. The molecule has 3 heteroatoms. The second-order valence-electron chi connectivity index (χ2n) is 4.30. The van der Waals surface area contributed by atoms with Crippen molar-refractivity contribution in [3.63, 3.8) is 0 Å². The first-order valence-corrected chi connectivity index (χ1v) is 5.91. The number of methoxy groups -OCH3 is 1. The molecule has 15 heavy (non-hydrogen) atoms. The fraction of sp³-hybridized carbons (Fsp3) is 0.917. The lowest BCUT2D eigenvalue weighted by atomic mass is 9.72. The molecule has 1 rings (SSSR count). The summed E-state index contributed by atoms with van der Waals surface area (Å²) < 4.78 is 10.3. The van der Waals surface area contributed by atoms with Crippen molar-refractivity contribution in [1.29, 1.82) is 0 Å². The van der Waals surface area contributed by atoms with E-state index in [1.807, 2.05) is 6.92 Å². The summed E-state index contributed by atoms with van der Waals surface area (Å²) >= 11 is 0. The first kappa shape index (κ1) is 12.5. The molecular weight excluding hydrogens is 192 g/mol. The van der Waals surface area contributed by atoms with E-state index < -0.39 is 0 Å². The van der Waals surface area contributed by atoms with Gasteiger partial charge in [-0.2, -0.15) is 0 Å². The molecule has 1 fully saturated rings. The Kier molecular flexibility index (Phi) is 5.09. The average Bonchev–Trinajstić information content (AvgIpc) is 2.28. The van der Waals surface area contributed by atoms with E-state index in [2.05, 4.69) is 0 Å². The Bertz CT molecular complexity index is 195. The Hall–Kier alpha value is -0.570.